The second-order valence-electron chi connectivity index (χ2n) is 7.98. The largest absolute Gasteiger partial charge is 0.355 e. The molecule has 2 N–H and O–H groups in total. The summed E-state index contributed by atoms with van der Waals surface area (Å²) in [6, 6.07) is 6.70. The Labute approximate surface area is 186 Å². The van der Waals surface area contributed by atoms with Crippen LogP contribution >= 0.6 is 24.0 Å². The van der Waals surface area contributed by atoms with Gasteiger partial charge in [-0.15, -0.1) is 24.0 Å². The predicted molar refractivity (Wildman–Crippen MR) is 125 cm³/mol. The topological polar surface area (TPSA) is 42.9 Å². The standard InChI is InChI=1S/C21H34FN5.HI/c1-23-20(24-16-18-7-6-8-19(22)15-18)25-17-21(9-13-26(2)14-10-21)27-11-4-3-5-12-27;/h6-8,15H,3-5,9-14,16-17H2,1-2H3,(H2,23,24,25);1H. The molecule has 0 spiro atoms. The van der Waals surface area contributed by atoms with Gasteiger partial charge in [-0.1, -0.05) is 18.6 Å². The minimum absolute atomic E-state index is 0. The normalized spacial score (nSPS) is 21.0. The lowest BCUT2D eigenvalue weighted by Crippen LogP contribution is -2.62. The Kier molecular flexibility index (Phi) is 9.43. The van der Waals surface area contributed by atoms with Crippen LogP contribution in [0.5, 0.6) is 0 Å². The van der Waals surface area contributed by atoms with Gasteiger partial charge in [0.15, 0.2) is 5.96 Å². The lowest BCUT2D eigenvalue weighted by molar-refractivity contribution is 0.0173. The number of halogens is 2. The van der Waals surface area contributed by atoms with Crippen molar-refractivity contribution >= 4 is 29.9 Å². The highest BCUT2D eigenvalue weighted by atomic mass is 127. The number of nitrogens with zero attached hydrogens (tertiary/aromatic N) is 3. The molecule has 7 heteroatoms. The minimum atomic E-state index is -0.201. The zero-order chi connectivity index (χ0) is 19.1. The van der Waals surface area contributed by atoms with E-state index in [2.05, 4.69) is 32.5 Å². The molecule has 0 radical (unpaired) electrons. The van der Waals surface area contributed by atoms with Gasteiger partial charge in [-0.3, -0.25) is 9.89 Å². The highest BCUT2D eigenvalue weighted by Crippen LogP contribution is 2.30. The summed E-state index contributed by atoms with van der Waals surface area (Å²) in [6.45, 7) is 6.18. The van der Waals surface area contributed by atoms with Crippen molar-refractivity contribution < 1.29 is 4.39 Å². The van der Waals surface area contributed by atoms with Crippen molar-refractivity contribution in [2.75, 3.05) is 46.8 Å². The summed E-state index contributed by atoms with van der Waals surface area (Å²) < 4.78 is 13.4. The average molecular weight is 503 g/mol. The molecule has 0 aliphatic carbocycles. The fraction of sp³-hybridized carbons (Fsp3) is 0.667. The monoisotopic (exact) mass is 503 g/mol. The molecule has 0 atom stereocenters. The third kappa shape index (κ3) is 6.29. The van der Waals surface area contributed by atoms with Crippen molar-refractivity contribution in [3.05, 3.63) is 35.6 Å². The van der Waals surface area contributed by atoms with Crippen LogP contribution in [0.4, 0.5) is 4.39 Å². The maximum Gasteiger partial charge on any atom is 0.191 e. The van der Waals surface area contributed by atoms with E-state index in [0.717, 1.165) is 31.2 Å². The van der Waals surface area contributed by atoms with Crippen LogP contribution in [0.1, 0.15) is 37.7 Å². The lowest BCUT2D eigenvalue weighted by Gasteiger charge is -2.50. The molecule has 1 aromatic rings. The van der Waals surface area contributed by atoms with E-state index in [1.165, 1.54) is 51.3 Å². The summed E-state index contributed by atoms with van der Waals surface area (Å²) in [5.41, 5.74) is 1.13. The third-order valence-electron chi connectivity index (χ3n) is 6.10. The van der Waals surface area contributed by atoms with E-state index >= 15 is 0 Å². The number of nitrogens with one attached hydrogen (secondary N) is 2. The van der Waals surface area contributed by atoms with Crippen LogP contribution in [0.15, 0.2) is 29.3 Å². The Balaban J connectivity index is 0.00000280. The number of likely N-dealkylation sites (tertiary alicyclic amines) is 2. The van der Waals surface area contributed by atoms with Crippen molar-refractivity contribution in [1.82, 2.24) is 20.4 Å². The van der Waals surface area contributed by atoms with Gasteiger partial charge in [-0.25, -0.2) is 4.39 Å². The quantitative estimate of drug-likeness (QED) is 0.369. The van der Waals surface area contributed by atoms with E-state index in [-0.39, 0.29) is 35.3 Å². The van der Waals surface area contributed by atoms with Crippen LogP contribution in [0, 0.1) is 5.82 Å². The molecule has 2 saturated heterocycles. The smallest absolute Gasteiger partial charge is 0.191 e. The summed E-state index contributed by atoms with van der Waals surface area (Å²) in [6.07, 6.45) is 6.36. The van der Waals surface area contributed by atoms with E-state index in [4.69, 9.17) is 0 Å². The lowest BCUT2D eigenvalue weighted by atomic mass is 9.84. The van der Waals surface area contributed by atoms with Gasteiger partial charge in [-0.05, 0) is 76.6 Å². The Bertz CT molecular complexity index is 625. The van der Waals surface area contributed by atoms with Crippen LogP contribution in [-0.4, -0.2) is 68.1 Å². The fourth-order valence-electron chi connectivity index (χ4n) is 4.31. The van der Waals surface area contributed by atoms with Crippen LogP contribution in [0.25, 0.3) is 0 Å². The number of rotatable bonds is 5. The van der Waals surface area contributed by atoms with E-state index < -0.39 is 0 Å². The second-order valence-corrected chi connectivity index (χ2v) is 7.98. The Hall–Kier alpha value is -0.930. The van der Waals surface area contributed by atoms with Gasteiger partial charge in [0.25, 0.3) is 0 Å². The Morgan fingerprint density at radius 3 is 2.46 bits per heavy atom. The first kappa shape index (κ1) is 23.3. The Morgan fingerprint density at radius 2 is 1.82 bits per heavy atom. The van der Waals surface area contributed by atoms with Crippen LogP contribution in [0.2, 0.25) is 0 Å². The average Bonchev–Trinajstić information content (AvgIpc) is 2.70. The van der Waals surface area contributed by atoms with Gasteiger partial charge >= 0.3 is 0 Å². The molecule has 158 valence electrons. The minimum Gasteiger partial charge on any atom is -0.355 e. The van der Waals surface area contributed by atoms with Crippen LogP contribution in [0.3, 0.4) is 0 Å². The van der Waals surface area contributed by atoms with E-state index in [9.17, 15) is 4.39 Å². The summed E-state index contributed by atoms with van der Waals surface area (Å²) in [4.78, 5) is 9.52. The van der Waals surface area contributed by atoms with Gasteiger partial charge in [0.05, 0.1) is 0 Å². The van der Waals surface area contributed by atoms with Gasteiger partial charge in [0.2, 0.25) is 0 Å². The van der Waals surface area contributed by atoms with Gasteiger partial charge < -0.3 is 15.5 Å². The molecule has 1 aromatic carbocycles. The van der Waals surface area contributed by atoms with Crippen molar-refractivity contribution in [1.29, 1.82) is 0 Å². The molecule has 0 aromatic heterocycles. The van der Waals surface area contributed by atoms with Crippen molar-refractivity contribution in [3.63, 3.8) is 0 Å². The number of aliphatic imine (C=N–C) groups is 1. The molecular formula is C21H35FIN5. The maximum atomic E-state index is 13.4. The second kappa shape index (κ2) is 11.3. The van der Waals surface area contributed by atoms with Crippen LogP contribution in [-0.2, 0) is 6.54 Å². The number of benzene rings is 1. The maximum absolute atomic E-state index is 13.4. The van der Waals surface area contributed by atoms with Crippen molar-refractivity contribution in [2.24, 2.45) is 4.99 Å². The summed E-state index contributed by atoms with van der Waals surface area (Å²) in [5, 5.41) is 6.89. The molecule has 3 rings (SSSR count). The summed E-state index contributed by atoms with van der Waals surface area (Å²) in [5.74, 6) is 0.585. The zero-order valence-electron chi connectivity index (χ0n) is 17.2. The SMILES string of the molecule is CN=C(NCc1cccc(F)c1)NCC1(N2CCCCC2)CCN(C)CC1.I. The Morgan fingerprint density at radius 1 is 1.11 bits per heavy atom. The van der Waals surface area contributed by atoms with Crippen molar-refractivity contribution in [2.45, 2.75) is 44.2 Å². The van der Waals surface area contributed by atoms with Crippen molar-refractivity contribution in [3.8, 4) is 0 Å². The third-order valence-corrected chi connectivity index (χ3v) is 6.10. The molecule has 2 heterocycles. The number of guanidine groups is 1. The van der Waals surface area contributed by atoms with E-state index in [0.29, 0.717) is 6.54 Å². The summed E-state index contributed by atoms with van der Waals surface area (Å²) >= 11 is 0. The molecule has 0 saturated carbocycles. The molecule has 0 unspecified atom stereocenters. The molecule has 2 aliphatic rings. The first-order valence-electron chi connectivity index (χ1n) is 10.2. The highest BCUT2D eigenvalue weighted by molar-refractivity contribution is 14.0. The van der Waals surface area contributed by atoms with Crippen LogP contribution < -0.4 is 10.6 Å². The number of piperidine rings is 2. The summed E-state index contributed by atoms with van der Waals surface area (Å²) in [7, 11) is 4.01. The van der Waals surface area contributed by atoms with E-state index in [1.54, 1.807) is 19.2 Å². The molecule has 28 heavy (non-hydrogen) atoms. The van der Waals surface area contributed by atoms with Gasteiger partial charge in [0.1, 0.15) is 5.82 Å². The first-order valence-corrected chi connectivity index (χ1v) is 10.2. The number of hydrogen-bond donors (Lipinski definition) is 2. The van der Waals surface area contributed by atoms with Gasteiger partial charge in [-0.2, -0.15) is 0 Å². The van der Waals surface area contributed by atoms with E-state index in [1.807, 2.05) is 6.07 Å². The highest BCUT2D eigenvalue weighted by Gasteiger charge is 2.39. The zero-order valence-corrected chi connectivity index (χ0v) is 19.5. The first-order chi connectivity index (χ1) is 13.1. The molecule has 0 amide bonds. The molecule has 2 fully saturated rings. The molecule has 2 aliphatic heterocycles. The predicted octanol–water partition coefficient (Wildman–Crippen LogP) is 3.06. The molecule has 0 bridgehead atoms. The number of hydrogen-bond acceptors (Lipinski definition) is 3. The van der Waals surface area contributed by atoms with Gasteiger partial charge in [0, 0.05) is 25.7 Å². The fourth-order valence-corrected chi connectivity index (χ4v) is 4.31. The molecular weight excluding hydrogens is 468 g/mol. The molecule has 5 nitrogen and oxygen atoms in total.